The monoisotopic (exact) mass is 296 g/mol. The largest absolute Gasteiger partial charge is 0.299 e. The minimum Gasteiger partial charge on any atom is -0.299 e. The maximum Gasteiger partial charge on any atom is 0.00412 e. The summed E-state index contributed by atoms with van der Waals surface area (Å²) in [5.41, 5.74) is 0. The maximum atomic E-state index is 3.90. The van der Waals surface area contributed by atoms with Gasteiger partial charge in [0.15, 0.2) is 0 Å². The molecule has 0 amide bonds. The van der Waals surface area contributed by atoms with Crippen molar-refractivity contribution in [3.05, 3.63) is 6.92 Å². The van der Waals surface area contributed by atoms with Crippen LogP contribution in [0.1, 0.15) is 105 Å². The van der Waals surface area contributed by atoms with Crippen molar-refractivity contribution in [3.63, 3.8) is 0 Å². The molecule has 0 aromatic heterocycles. The lowest BCUT2D eigenvalue weighted by Gasteiger charge is -2.30. The average Bonchev–Trinajstić information content (AvgIpc) is 2.43. The van der Waals surface area contributed by atoms with E-state index in [0.29, 0.717) is 12.1 Å². The van der Waals surface area contributed by atoms with E-state index in [0.717, 1.165) is 6.42 Å². The van der Waals surface area contributed by atoms with Crippen molar-refractivity contribution in [1.29, 1.82) is 0 Å². The van der Waals surface area contributed by atoms with E-state index in [1.54, 1.807) is 0 Å². The number of hydrogen-bond acceptors (Lipinski definition) is 1. The second kappa shape index (κ2) is 14.9. The fraction of sp³-hybridized carbons (Fsp3) is 0.950. The molecule has 0 bridgehead atoms. The minimum atomic E-state index is 0.688. The lowest BCUT2D eigenvalue weighted by molar-refractivity contribution is 0.171. The Morgan fingerprint density at radius 3 is 1.24 bits per heavy atom. The van der Waals surface area contributed by atoms with Crippen LogP contribution in [0.2, 0.25) is 0 Å². The molecular formula is C20H42N. The molecule has 0 saturated carbocycles. The van der Waals surface area contributed by atoms with Crippen LogP contribution in [0.3, 0.4) is 0 Å². The fourth-order valence-corrected chi connectivity index (χ4v) is 3.17. The molecule has 0 fully saturated rings. The van der Waals surface area contributed by atoms with Gasteiger partial charge < -0.3 is 0 Å². The highest BCUT2D eigenvalue weighted by atomic mass is 15.2. The van der Waals surface area contributed by atoms with Crippen LogP contribution in [0.4, 0.5) is 0 Å². The molecule has 1 radical (unpaired) electrons. The van der Waals surface area contributed by atoms with E-state index < -0.39 is 0 Å². The average molecular weight is 297 g/mol. The van der Waals surface area contributed by atoms with E-state index in [-0.39, 0.29) is 0 Å². The third-order valence-corrected chi connectivity index (χ3v) is 4.49. The first-order valence-corrected chi connectivity index (χ1v) is 9.64. The summed E-state index contributed by atoms with van der Waals surface area (Å²) in [7, 11) is 0. The first-order chi connectivity index (χ1) is 10.1. The minimum absolute atomic E-state index is 0.688. The normalized spacial score (nSPS) is 12.0. The van der Waals surface area contributed by atoms with E-state index in [1.807, 2.05) is 0 Å². The second-order valence-electron chi connectivity index (χ2n) is 7.17. The van der Waals surface area contributed by atoms with Crippen LogP contribution in [0.5, 0.6) is 0 Å². The molecule has 0 aliphatic heterocycles. The molecule has 0 aliphatic carbocycles. The summed E-state index contributed by atoms with van der Waals surface area (Å²) in [6.07, 6.45) is 16.7. The molecule has 0 saturated heterocycles. The maximum absolute atomic E-state index is 3.90. The predicted octanol–water partition coefficient (Wildman–Crippen LogP) is 6.62. The van der Waals surface area contributed by atoms with Crippen molar-refractivity contribution in [3.8, 4) is 0 Å². The Bertz CT molecular complexity index is 190. The number of hydrogen-bond donors (Lipinski definition) is 0. The number of unbranched alkanes of at least 4 members (excludes halogenated alkanes) is 11. The first kappa shape index (κ1) is 21.0. The van der Waals surface area contributed by atoms with Crippen LogP contribution in [-0.2, 0) is 0 Å². The highest BCUT2D eigenvalue weighted by Crippen LogP contribution is 2.13. The molecule has 127 valence electrons. The molecule has 21 heavy (non-hydrogen) atoms. The van der Waals surface area contributed by atoms with Gasteiger partial charge in [0.25, 0.3) is 0 Å². The zero-order valence-electron chi connectivity index (χ0n) is 15.5. The third kappa shape index (κ3) is 13.4. The summed E-state index contributed by atoms with van der Waals surface area (Å²) in [6, 6.07) is 1.38. The van der Waals surface area contributed by atoms with Crippen molar-refractivity contribution in [2.24, 2.45) is 0 Å². The van der Waals surface area contributed by atoms with Crippen molar-refractivity contribution >= 4 is 0 Å². The summed E-state index contributed by atoms with van der Waals surface area (Å²) >= 11 is 0. The van der Waals surface area contributed by atoms with Crippen LogP contribution in [0, 0.1) is 6.92 Å². The Hall–Kier alpha value is -0.0400. The zero-order chi connectivity index (χ0) is 15.9. The molecule has 0 unspecified atom stereocenters. The molecule has 1 nitrogen and oxygen atoms in total. The fourth-order valence-electron chi connectivity index (χ4n) is 3.17. The van der Waals surface area contributed by atoms with Gasteiger partial charge in [-0.2, -0.15) is 0 Å². The van der Waals surface area contributed by atoms with Crippen LogP contribution in [0.25, 0.3) is 0 Å². The second-order valence-corrected chi connectivity index (χ2v) is 7.17. The smallest absolute Gasteiger partial charge is 0.00412 e. The van der Waals surface area contributed by atoms with Crippen molar-refractivity contribution in [2.75, 3.05) is 6.54 Å². The molecule has 0 heterocycles. The molecule has 0 atom stereocenters. The van der Waals surface area contributed by atoms with Crippen LogP contribution in [0.15, 0.2) is 0 Å². The van der Waals surface area contributed by atoms with E-state index in [1.165, 1.54) is 77.2 Å². The number of rotatable bonds is 15. The lowest BCUT2D eigenvalue weighted by atomic mass is 10.0. The van der Waals surface area contributed by atoms with E-state index in [9.17, 15) is 0 Å². The predicted molar refractivity (Wildman–Crippen MR) is 97.7 cm³/mol. The standard InChI is InChI=1S/C20H42N/c1-6-7-8-9-10-11-12-13-14-15-16-17-18-21(19(2)3)20(4)5/h19-20H,1,6-18H2,2-5H3. The highest BCUT2D eigenvalue weighted by Gasteiger charge is 2.11. The molecule has 0 aromatic carbocycles. The van der Waals surface area contributed by atoms with Crippen molar-refractivity contribution < 1.29 is 0 Å². The highest BCUT2D eigenvalue weighted by molar-refractivity contribution is 4.67. The zero-order valence-corrected chi connectivity index (χ0v) is 15.5. The van der Waals surface area contributed by atoms with Gasteiger partial charge in [-0.25, -0.2) is 0 Å². The summed E-state index contributed by atoms with van der Waals surface area (Å²) < 4.78 is 0. The summed E-state index contributed by atoms with van der Waals surface area (Å²) in [5, 5.41) is 0. The Labute approximate surface area is 135 Å². The van der Waals surface area contributed by atoms with Gasteiger partial charge in [-0.1, -0.05) is 77.6 Å². The number of nitrogens with zero attached hydrogens (tertiary/aromatic N) is 1. The van der Waals surface area contributed by atoms with Gasteiger partial charge in [-0.3, -0.25) is 4.90 Å². The SMILES string of the molecule is [CH2]CCCCCCCCCCCCCN(C(C)C)C(C)C. The summed E-state index contributed by atoms with van der Waals surface area (Å²) in [5.74, 6) is 0. The van der Waals surface area contributed by atoms with Gasteiger partial charge in [-0.15, -0.1) is 0 Å². The molecule has 1 heteroatoms. The Morgan fingerprint density at radius 1 is 0.571 bits per heavy atom. The molecule has 0 aromatic rings. The molecule has 0 rings (SSSR count). The third-order valence-electron chi connectivity index (χ3n) is 4.49. The van der Waals surface area contributed by atoms with Gasteiger partial charge in [0.2, 0.25) is 0 Å². The Balaban J connectivity index is 3.25. The molecule has 0 N–H and O–H groups in total. The Morgan fingerprint density at radius 2 is 0.905 bits per heavy atom. The summed E-state index contributed by atoms with van der Waals surface area (Å²) in [6.45, 7) is 14.4. The molecule has 0 spiro atoms. The first-order valence-electron chi connectivity index (χ1n) is 9.64. The quantitative estimate of drug-likeness (QED) is 0.307. The van der Waals surface area contributed by atoms with Gasteiger partial charge >= 0.3 is 0 Å². The molecular weight excluding hydrogens is 254 g/mol. The topological polar surface area (TPSA) is 3.24 Å². The summed E-state index contributed by atoms with van der Waals surface area (Å²) in [4.78, 5) is 2.62. The van der Waals surface area contributed by atoms with E-state index in [4.69, 9.17) is 0 Å². The van der Waals surface area contributed by atoms with E-state index in [2.05, 4.69) is 39.5 Å². The van der Waals surface area contributed by atoms with E-state index >= 15 is 0 Å². The van der Waals surface area contributed by atoms with Gasteiger partial charge in [0, 0.05) is 12.1 Å². The van der Waals surface area contributed by atoms with Crippen LogP contribution < -0.4 is 0 Å². The van der Waals surface area contributed by atoms with Gasteiger partial charge in [0.05, 0.1) is 0 Å². The lowest BCUT2D eigenvalue weighted by Crippen LogP contribution is -2.37. The van der Waals surface area contributed by atoms with Crippen molar-refractivity contribution in [2.45, 2.75) is 117 Å². The van der Waals surface area contributed by atoms with Gasteiger partial charge in [0.1, 0.15) is 0 Å². The van der Waals surface area contributed by atoms with Gasteiger partial charge in [-0.05, 0) is 40.7 Å². The van der Waals surface area contributed by atoms with Crippen molar-refractivity contribution in [1.82, 2.24) is 4.90 Å². The Kier molecular flexibility index (Phi) is 14.9. The molecule has 0 aliphatic rings. The van der Waals surface area contributed by atoms with Crippen LogP contribution in [-0.4, -0.2) is 23.5 Å². The van der Waals surface area contributed by atoms with Crippen LogP contribution >= 0.6 is 0 Å².